The molecule has 2 rings (SSSR count). The molecule has 1 aromatic carbocycles. The molecule has 6 heteroatoms. The Balaban J connectivity index is 1.95. The van der Waals surface area contributed by atoms with Gasteiger partial charge in [-0.2, -0.15) is 0 Å². The molecular weight excluding hydrogens is 294 g/mol. The second-order valence-electron chi connectivity index (χ2n) is 4.41. The van der Waals surface area contributed by atoms with Gasteiger partial charge in [0, 0.05) is 11.4 Å². The summed E-state index contributed by atoms with van der Waals surface area (Å²) in [7, 11) is 0. The van der Waals surface area contributed by atoms with Gasteiger partial charge in [-0.3, -0.25) is 10.6 Å². The van der Waals surface area contributed by atoms with Crippen molar-refractivity contribution in [2.24, 2.45) is 5.84 Å². The van der Waals surface area contributed by atoms with Gasteiger partial charge in [-0.25, -0.2) is 0 Å². The van der Waals surface area contributed by atoms with Crippen molar-refractivity contribution in [2.45, 2.75) is 13.3 Å². The highest BCUT2D eigenvalue weighted by atomic mass is 35.5. The zero-order valence-corrected chi connectivity index (χ0v) is 12.6. The van der Waals surface area contributed by atoms with Gasteiger partial charge in [0.1, 0.15) is 0 Å². The van der Waals surface area contributed by atoms with Gasteiger partial charge in [-0.05, 0) is 43.2 Å². The van der Waals surface area contributed by atoms with Crippen LogP contribution in [0.25, 0.3) is 0 Å². The predicted octanol–water partition coefficient (Wildman–Crippen LogP) is 2.97. The summed E-state index contributed by atoms with van der Waals surface area (Å²) in [5.74, 6) is 5.30. The van der Waals surface area contributed by atoms with Gasteiger partial charge in [0.2, 0.25) is 0 Å². The summed E-state index contributed by atoms with van der Waals surface area (Å²) >= 11 is 7.39. The fourth-order valence-corrected chi connectivity index (χ4v) is 2.94. The number of nitrogens with one attached hydrogen (secondary N) is 2. The van der Waals surface area contributed by atoms with E-state index in [9.17, 15) is 4.79 Å². The van der Waals surface area contributed by atoms with Crippen molar-refractivity contribution in [1.82, 2.24) is 5.32 Å². The number of hydrazine groups is 1. The SMILES string of the molecule is Cc1ccc(C(=O)NCCc2ccc(Cl)s2)c(NN)c1. The minimum atomic E-state index is -0.138. The van der Waals surface area contributed by atoms with Crippen LogP contribution in [0.1, 0.15) is 20.8 Å². The van der Waals surface area contributed by atoms with Crippen LogP contribution in [-0.2, 0) is 6.42 Å². The highest BCUT2D eigenvalue weighted by molar-refractivity contribution is 7.16. The van der Waals surface area contributed by atoms with Crippen LogP contribution in [0.3, 0.4) is 0 Å². The fraction of sp³-hybridized carbons (Fsp3) is 0.214. The lowest BCUT2D eigenvalue weighted by Crippen LogP contribution is -2.27. The number of hydrogen-bond donors (Lipinski definition) is 3. The van der Waals surface area contributed by atoms with Crippen LogP contribution in [0, 0.1) is 6.92 Å². The van der Waals surface area contributed by atoms with E-state index in [1.165, 1.54) is 11.3 Å². The first kappa shape index (κ1) is 14.8. The Morgan fingerprint density at radius 3 is 2.80 bits per heavy atom. The lowest BCUT2D eigenvalue weighted by molar-refractivity contribution is 0.0955. The summed E-state index contributed by atoms with van der Waals surface area (Å²) in [5, 5.41) is 2.88. The van der Waals surface area contributed by atoms with E-state index in [1.807, 2.05) is 31.2 Å². The summed E-state index contributed by atoms with van der Waals surface area (Å²) in [6, 6.07) is 9.32. The standard InChI is InChI=1S/C14H16ClN3OS/c1-9-2-4-11(12(8-9)18-16)14(19)17-7-6-10-3-5-13(15)20-10/h2-5,8,18H,6-7,16H2,1H3,(H,17,19). The van der Waals surface area contributed by atoms with Gasteiger partial charge in [0.25, 0.3) is 5.91 Å². The van der Waals surface area contributed by atoms with Crippen LogP contribution in [-0.4, -0.2) is 12.5 Å². The number of thiophene rings is 1. The van der Waals surface area contributed by atoms with Gasteiger partial charge in [0.15, 0.2) is 0 Å². The first-order valence-electron chi connectivity index (χ1n) is 6.20. The third-order valence-electron chi connectivity index (χ3n) is 2.86. The Hall–Kier alpha value is -1.56. The van der Waals surface area contributed by atoms with Crippen LogP contribution in [0.2, 0.25) is 4.34 Å². The van der Waals surface area contributed by atoms with Crippen molar-refractivity contribution < 1.29 is 4.79 Å². The van der Waals surface area contributed by atoms with E-state index < -0.39 is 0 Å². The molecule has 0 aliphatic rings. The Morgan fingerprint density at radius 1 is 1.35 bits per heavy atom. The van der Waals surface area contributed by atoms with Gasteiger partial charge in [-0.1, -0.05) is 17.7 Å². The Bertz CT molecular complexity index is 612. The highest BCUT2D eigenvalue weighted by Crippen LogP contribution is 2.21. The normalized spacial score (nSPS) is 10.3. The van der Waals surface area contributed by atoms with Gasteiger partial charge in [-0.15, -0.1) is 11.3 Å². The number of nitrogen functional groups attached to an aromatic ring is 1. The molecule has 106 valence electrons. The molecular formula is C14H16ClN3OS. The van der Waals surface area contributed by atoms with Gasteiger partial charge >= 0.3 is 0 Å². The molecule has 0 fully saturated rings. The van der Waals surface area contributed by atoms with E-state index in [0.29, 0.717) is 17.8 Å². The lowest BCUT2D eigenvalue weighted by atomic mass is 10.1. The smallest absolute Gasteiger partial charge is 0.253 e. The molecule has 1 heterocycles. The summed E-state index contributed by atoms with van der Waals surface area (Å²) in [4.78, 5) is 13.3. The van der Waals surface area contributed by atoms with E-state index in [1.54, 1.807) is 6.07 Å². The van der Waals surface area contributed by atoms with Crippen molar-refractivity contribution in [3.05, 3.63) is 50.7 Å². The van der Waals surface area contributed by atoms with Crippen molar-refractivity contribution in [2.75, 3.05) is 12.0 Å². The highest BCUT2D eigenvalue weighted by Gasteiger charge is 2.10. The molecule has 20 heavy (non-hydrogen) atoms. The minimum absolute atomic E-state index is 0.138. The number of hydrogen-bond acceptors (Lipinski definition) is 4. The summed E-state index contributed by atoms with van der Waals surface area (Å²) in [6.45, 7) is 2.51. The van der Waals surface area contributed by atoms with Crippen molar-refractivity contribution in [3.8, 4) is 0 Å². The van der Waals surface area contributed by atoms with Crippen molar-refractivity contribution in [1.29, 1.82) is 0 Å². The molecule has 0 unspecified atom stereocenters. The molecule has 0 saturated heterocycles. The number of nitrogens with two attached hydrogens (primary N) is 1. The molecule has 0 radical (unpaired) electrons. The van der Waals surface area contributed by atoms with Crippen LogP contribution >= 0.6 is 22.9 Å². The van der Waals surface area contributed by atoms with Crippen LogP contribution in [0.15, 0.2) is 30.3 Å². The maximum Gasteiger partial charge on any atom is 0.253 e. The van der Waals surface area contributed by atoms with Crippen molar-refractivity contribution in [3.63, 3.8) is 0 Å². The molecule has 0 atom stereocenters. The zero-order valence-electron chi connectivity index (χ0n) is 11.1. The molecule has 2 aromatic rings. The molecule has 0 aliphatic carbocycles. The Labute approximate surface area is 126 Å². The van der Waals surface area contributed by atoms with Crippen molar-refractivity contribution >= 4 is 34.5 Å². The van der Waals surface area contributed by atoms with Gasteiger partial charge in [0.05, 0.1) is 15.6 Å². The topological polar surface area (TPSA) is 67.2 Å². The largest absolute Gasteiger partial charge is 0.352 e. The first-order chi connectivity index (χ1) is 9.60. The molecule has 4 nitrogen and oxygen atoms in total. The molecule has 1 aromatic heterocycles. The summed E-state index contributed by atoms with van der Waals surface area (Å²) in [6.07, 6.45) is 0.764. The van der Waals surface area contributed by atoms with Gasteiger partial charge < -0.3 is 10.7 Å². The summed E-state index contributed by atoms with van der Waals surface area (Å²) < 4.78 is 0.763. The number of carbonyl (C=O) groups excluding carboxylic acids is 1. The number of halogens is 1. The fourth-order valence-electron chi connectivity index (χ4n) is 1.86. The quantitative estimate of drug-likeness (QED) is 0.587. The van der Waals surface area contributed by atoms with Crippen LogP contribution in [0.5, 0.6) is 0 Å². The molecule has 1 amide bonds. The maximum atomic E-state index is 12.1. The molecule has 0 bridgehead atoms. The Kier molecular flexibility index (Phi) is 5.00. The first-order valence-corrected chi connectivity index (χ1v) is 7.39. The average Bonchev–Trinajstić information content (AvgIpc) is 2.84. The van der Waals surface area contributed by atoms with E-state index in [-0.39, 0.29) is 5.91 Å². The third kappa shape index (κ3) is 3.72. The second-order valence-corrected chi connectivity index (χ2v) is 6.20. The van der Waals surface area contributed by atoms with E-state index >= 15 is 0 Å². The third-order valence-corrected chi connectivity index (χ3v) is 4.15. The van der Waals surface area contributed by atoms with E-state index in [4.69, 9.17) is 17.4 Å². The maximum absolute atomic E-state index is 12.1. The molecule has 0 saturated carbocycles. The average molecular weight is 310 g/mol. The number of aryl methyl sites for hydroxylation is 1. The molecule has 0 aliphatic heterocycles. The number of benzene rings is 1. The minimum Gasteiger partial charge on any atom is -0.352 e. The predicted molar refractivity (Wildman–Crippen MR) is 84.4 cm³/mol. The lowest BCUT2D eigenvalue weighted by Gasteiger charge is -2.10. The number of rotatable bonds is 5. The number of anilines is 1. The van der Waals surface area contributed by atoms with Crippen LogP contribution < -0.4 is 16.6 Å². The van der Waals surface area contributed by atoms with E-state index in [2.05, 4.69) is 10.7 Å². The Morgan fingerprint density at radius 2 is 2.15 bits per heavy atom. The second kappa shape index (κ2) is 6.74. The van der Waals surface area contributed by atoms with Crippen LogP contribution in [0.4, 0.5) is 5.69 Å². The summed E-state index contributed by atoms with van der Waals surface area (Å²) in [5.41, 5.74) is 4.77. The monoisotopic (exact) mass is 309 g/mol. The van der Waals surface area contributed by atoms with E-state index in [0.717, 1.165) is 21.2 Å². The molecule has 0 spiro atoms. The zero-order chi connectivity index (χ0) is 14.5. The molecule has 4 N–H and O–H groups in total. The number of carbonyl (C=O) groups is 1. The number of amides is 1.